The van der Waals surface area contributed by atoms with Crippen molar-refractivity contribution < 1.29 is 14.6 Å². The molecule has 0 aliphatic heterocycles. The second kappa shape index (κ2) is 7.10. The standard InChI is InChI=1S/C14H28N2O3/c1-14(2,19-4)10-15-13(18)16(3)9-11-7-5-6-8-12(11)17/h11-12,17H,5-10H2,1-4H3,(H,15,18). The molecular weight excluding hydrogens is 244 g/mol. The molecule has 0 aromatic rings. The summed E-state index contributed by atoms with van der Waals surface area (Å²) in [7, 11) is 3.41. The molecule has 1 aliphatic carbocycles. The van der Waals surface area contributed by atoms with Crippen LogP contribution in [0.2, 0.25) is 0 Å². The first kappa shape index (κ1) is 16.2. The van der Waals surface area contributed by atoms with Gasteiger partial charge in [-0.05, 0) is 26.7 Å². The normalized spacial score (nSPS) is 24.1. The molecule has 2 amide bonds. The minimum atomic E-state index is -0.360. The van der Waals surface area contributed by atoms with Gasteiger partial charge in [-0.2, -0.15) is 0 Å². The lowest BCUT2D eigenvalue weighted by Gasteiger charge is -2.32. The lowest BCUT2D eigenvalue weighted by Crippen LogP contribution is -2.47. The number of hydrogen-bond donors (Lipinski definition) is 2. The largest absolute Gasteiger partial charge is 0.393 e. The molecule has 0 aromatic carbocycles. The highest BCUT2D eigenvalue weighted by molar-refractivity contribution is 5.73. The number of aliphatic hydroxyl groups is 1. The van der Waals surface area contributed by atoms with Crippen LogP contribution in [0, 0.1) is 5.92 Å². The number of ether oxygens (including phenoxy) is 1. The molecule has 112 valence electrons. The van der Waals surface area contributed by atoms with Crippen molar-refractivity contribution in [3.8, 4) is 0 Å². The predicted octanol–water partition coefficient (Wildman–Crippen LogP) is 1.60. The summed E-state index contributed by atoms with van der Waals surface area (Å²) in [6.45, 7) is 4.94. The molecule has 0 heterocycles. The third-order valence-corrected chi connectivity index (χ3v) is 3.94. The van der Waals surface area contributed by atoms with Crippen molar-refractivity contribution in [2.45, 2.75) is 51.2 Å². The Balaban J connectivity index is 2.35. The smallest absolute Gasteiger partial charge is 0.317 e. The van der Waals surface area contributed by atoms with Crippen molar-refractivity contribution in [2.24, 2.45) is 5.92 Å². The molecule has 0 bridgehead atoms. The van der Waals surface area contributed by atoms with Crippen molar-refractivity contribution in [1.29, 1.82) is 0 Å². The van der Waals surface area contributed by atoms with Crippen molar-refractivity contribution in [3.63, 3.8) is 0 Å². The van der Waals surface area contributed by atoms with Gasteiger partial charge in [-0.25, -0.2) is 4.79 Å². The average molecular weight is 272 g/mol. The monoisotopic (exact) mass is 272 g/mol. The SMILES string of the molecule is COC(C)(C)CNC(=O)N(C)CC1CCCCC1O. The van der Waals surface area contributed by atoms with E-state index in [0.29, 0.717) is 13.1 Å². The number of carbonyl (C=O) groups excluding carboxylic acids is 1. The van der Waals surface area contributed by atoms with Gasteiger partial charge in [0.2, 0.25) is 0 Å². The van der Waals surface area contributed by atoms with E-state index in [9.17, 15) is 9.90 Å². The first-order chi connectivity index (χ1) is 8.85. The molecule has 0 aromatic heterocycles. The molecule has 2 unspecified atom stereocenters. The zero-order valence-electron chi connectivity index (χ0n) is 12.6. The number of aliphatic hydroxyl groups excluding tert-OH is 1. The van der Waals surface area contributed by atoms with Crippen LogP contribution in [0.25, 0.3) is 0 Å². The van der Waals surface area contributed by atoms with Gasteiger partial charge in [0.15, 0.2) is 0 Å². The molecule has 1 fully saturated rings. The van der Waals surface area contributed by atoms with E-state index in [0.717, 1.165) is 25.7 Å². The van der Waals surface area contributed by atoms with E-state index in [-0.39, 0.29) is 23.7 Å². The topological polar surface area (TPSA) is 61.8 Å². The van der Waals surface area contributed by atoms with E-state index < -0.39 is 0 Å². The molecular formula is C14H28N2O3. The van der Waals surface area contributed by atoms with Crippen molar-refractivity contribution in [2.75, 3.05) is 27.2 Å². The summed E-state index contributed by atoms with van der Waals surface area (Å²) >= 11 is 0. The molecule has 5 heteroatoms. The minimum absolute atomic E-state index is 0.108. The molecule has 2 atom stereocenters. The average Bonchev–Trinajstić information content (AvgIpc) is 2.38. The van der Waals surface area contributed by atoms with Crippen molar-refractivity contribution in [1.82, 2.24) is 10.2 Å². The predicted molar refractivity (Wildman–Crippen MR) is 75.1 cm³/mol. The highest BCUT2D eigenvalue weighted by Crippen LogP contribution is 2.24. The van der Waals surface area contributed by atoms with Crippen LogP contribution >= 0.6 is 0 Å². The number of hydrogen-bond acceptors (Lipinski definition) is 3. The summed E-state index contributed by atoms with van der Waals surface area (Å²) < 4.78 is 5.26. The van der Waals surface area contributed by atoms with Gasteiger partial charge < -0.3 is 20.1 Å². The first-order valence-electron chi connectivity index (χ1n) is 7.08. The van der Waals surface area contributed by atoms with E-state index in [4.69, 9.17) is 4.74 Å². The number of rotatable bonds is 5. The Kier molecular flexibility index (Phi) is 6.07. The molecule has 1 rings (SSSR count). The van der Waals surface area contributed by atoms with Crippen LogP contribution in [0.3, 0.4) is 0 Å². The lowest BCUT2D eigenvalue weighted by molar-refractivity contribution is 0.0234. The highest BCUT2D eigenvalue weighted by Gasteiger charge is 2.26. The number of nitrogens with one attached hydrogen (secondary N) is 1. The molecule has 1 saturated carbocycles. The zero-order chi connectivity index (χ0) is 14.5. The van der Waals surface area contributed by atoms with Gasteiger partial charge in [0.1, 0.15) is 0 Å². The highest BCUT2D eigenvalue weighted by atomic mass is 16.5. The molecule has 1 aliphatic rings. The third kappa shape index (κ3) is 5.37. The Morgan fingerprint density at radius 1 is 1.42 bits per heavy atom. The molecule has 0 radical (unpaired) electrons. The molecule has 0 saturated heterocycles. The van der Waals surface area contributed by atoms with E-state index in [1.807, 2.05) is 13.8 Å². The van der Waals surface area contributed by atoms with Gasteiger partial charge in [0.25, 0.3) is 0 Å². The summed E-state index contributed by atoms with van der Waals surface area (Å²) in [6.07, 6.45) is 3.84. The first-order valence-corrected chi connectivity index (χ1v) is 7.08. The summed E-state index contributed by atoms with van der Waals surface area (Å²) in [5.41, 5.74) is -0.360. The van der Waals surface area contributed by atoms with E-state index in [1.165, 1.54) is 0 Å². The summed E-state index contributed by atoms with van der Waals surface area (Å²) in [4.78, 5) is 13.6. The Bertz CT molecular complexity index is 294. The lowest BCUT2D eigenvalue weighted by atomic mass is 9.86. The van der Waals surface area contributed by atoms with Gasteiger partial charge in [0.05, 0.1) is 11.7 Å². The third-order valence-electron chi connectivity index (χ3n) is 3.94. The number of carbonyl (C=O) groups is 1. The second-order valence-corrected chi connectivity index (χ2v) is 6.11. The van der Waals surface area contributed by atoms with E-state index in [1.54, 1.807) is 19.1 Å². The maximum absolute atomic E-state index is 12.0. The number of nitrogens with zero attached hydrogens (tertiary/aromatic N) is 1. The van der Waals surface area contributed by atoms with Gasteiger partial charge in [-0.1, -0.05) is 12.8 Å². The van der Waals surface area contributed by atoms with E-state index >= 15 is 0 Å². The fourth-order valence-corrected chi connectivity index (χ4v) is 2.33. The van der Waals surface area contributed by atoms with Crippen LogP contribution in [0.15, 0.2) is 0 Å². The quantitative estimate of drug-likeness (QED) is 0.799. The van der Waals surface area contributed by atoms with Gasteiger partial charge in [-0.15, -0.1) is 0 Å². The van der Waals surface area contributed by atoms with Crippen molar-refractivity contribution >= 4 is 6.03 Å². The Hall–Kier alpha value is -0.810. The van der Waals surface area contributed by atoms with Crippen LogP contribution in [0.4, 0.5) is 4.79 Å². The van der Waals surface area contributed by atoms with Crippen LogP contribution in [-0.2, 0) is 4.74 Å². The van der Waals surface area contributed by atoms with Crippen molar-refractivity contribution in [3.05, 3.63) is 0 Å². The Labute approximate surface area is 116 Å². The maximum Gasteiger partial charge on any atom is 0.317 e. The summed E-state index contributed by atoms with van der Waals surface area (Å²) in [5.74, 6) is 0.208. The molecule has 0 spiro atoms. The maximum atomic E-state index is 12.0. The Morgan fingerprint density at radius 3 is 2.63 bits per heavy atom. The molecule has 5 nitrogen and oxygen atoms in total. The zero-order valence-corrected chi connectivity index (χ0v) is 12.6. The summed E-state index contributed by atoms with van der Waals surface area (Å²) in [5, 5.41) is 12.8. The fraction of sp³-hybridized carbons (Fsp3) is 0.929. The van der Waals surface area contributed by atoms with Crippen LogP contribution in [-0.4, -0.2) is 55.0 Å². The van der Waals surface area contributed by atoms with Crippen LogP contribution < -0.4 is 5.32 Å². The van der Waals surface area contributed by atoms with Crippen LogP contribution in [0.5, 0.6) is 0 Å². The molecule has 2 N–H and O–H groups in total. The Morgan fingerprint density at radius 2 is 2.05 bits per heavy atom. The fourth-order valence-electron chi connectivity index (χ4n) is 2.33. The number of methoxy groups -OCH3 is 1. The second-order valence-electron chi connectivity index (χ2n) is 6.11. The van der Waals surface area contributed by atoms with Gasteiger partial charge >= 0.3 is 6.03 Å². The number of urea groups is 1. The minimum Gasteiger partial charge on any atom is -0.393 e. The molecule has 19 heavy (non-hydrogen) atoms. The summed E-state index contributed by atoms with van der Waals surface area (Å²) in [6, 6.07) is -0.108. The van der Waals surface area contributed by atoms with Gasteiger partial charge in [-0.3, -0.25) is 0 Å². The number of amides is 2. The van der Waals surface area contributed by atoms with E-state index in [2.05, 4.69) is 5.32 Å². The van der Waals surface area contributed by atoms with Crippen LogP contribution in [0.1, 0.15) is 39.5 Å². The van der Waals surface area contributed by atoms with Gasteiger partial charge in [0, 0.05) is 33.2 Å².